The van der Waals surface area contributed by atoms with E-state index in [1.807, 2.05) is 0 Å². The average molecular weight is 266 g/mol. The van der Waals surface area contributed by atoms with Crippen LogP contribution in [0.5, 0.6) is 0 Å². The third-order valence-corrected chi connectivity index (χ3v) is 2.66. The second-order valence-corrected chi connectivity index (χ2v) is 4.03. The van der Waals surface area contributed by atoms with Gasteiger partial charge in [-0.3, -0.25) is 0 Å². The van der Waals surface area contributed by atoms with E-state index in [9.17, 15) is 13.6 Å². The Balaban J connectivity index is 2.08. The lowest BCUT2D eigenvalue weighted by atomic mass is 10.1. The summed E-state index contributed by atoms with van der Waals surface area (Å²) in [5.74, 6) is -1.77. The van der Waals surface area contributed by atoms with Crippen molar-refractivity contribution in [2.24, 2.45) is 0 Å². The summed E-state index contributed by atoms with van der Waals surface area (Å²) in [6.07, 6.45) is 4.40. The van der Waals surface area contributed by atoms with Gasteiger partial charge in [0.1, 0.15) is 11.9 Å². The van der Waals surface area contributed by atoms with Gasteiger partial charge in [0.2, 0.25) is 0 Å². The normalized spacial score (nSPS) is 19.2. The van der Waals surface area contributed by atoms with Crippen molar-refractivity contribution in [2.75, 3.05) is 7.11 Å². The Morgan fingerprint density at radius 1 is 1.37 bits per heavy atom. The van der Waals surface area contributed by atoms with Crippen LogP contribution in [0, 0.1) is 11.6 Å². The molecule has 0 aromatic heterocycles. The Labute approximate surface area is 109 Å². The van der Waals surface area contributed by atoms with Gasteiger partial charge in [0.05, 0.1) is 13.2 Å². The molecule has 0 fully saturated rings. The number of halogens is 2. The number of hydrogen-bond donors (Lipinski definition) is 0. The van der Waals surface area contributed by atoms with Crippen molar-refractivity contribution in [1.82, 2.24) is 0 Å². The first kappa shape index (κ1) is 13.3. The molecule has 0 aliphatic carbocycles. The standard InChI is InChI=1S/C14H12F2O3/c1-18-11-7-10(19-14(17)8-11)4-2-9-3-5-12(15)13(16)6-9/h2-6,8,10H,7H2,1H3. The molecule has 1 aromatic rings. The van der Waals surface area contributed by atoms with E-state index in [2.05, 4.69) is 0 Å². The lowest BCUT2D eigenvalue weighted by molar-refractivity contribution is -0.142. The Kier molecular flexibility index (Phi) is 3.94. The zero-order valence-corrected chi connectivity index (χ0v) is 10.2. The first-order valence-electron chi connectivity index (χ1n) is 5.67. The lowest BCUT2D eigenvalue weighted by Gasteiger charge is -2.19. The number of cyclic esters (lactones) is 1. The second-order valence-electron chi connectivity index (χ2n) is 4.03. The van der Waals surface area contributed by atoms with Gasteiger partial charge in [0.25, 0.3) is 0 Å². The fraction of sp³-hybridized carbons (Fsp3) is 0.214. The number of benzene rings is 1. The van der Waals surface area contributed by atoms with Crippen molar-refractivity contribution in [3.05, 3.63) is 53.3 Å². The molecule has 2 rings (SSSR count). The van der Waals surface area contributed by atoms with Crippen molar-refractivity contribution in [2.45, 2.75) is 12.5 Å². The molecule has 3 nitrogen and oxygen atoms in total. The van der Waals surface area contributed by atoms with Crippen molar-refractivity contribution in [1.29, 1.82) is 0 Å². The largest absolute Gasteiger partial charge is 0.501 e. The molecule has 1 aliphatic heterocycles. The molecule has 100 valence electrons. The van der Waals surface area contributed by atoms with Crippen molar-refractivity contribution in [3.63, 3.8) is 0 Å². The predicted molar refractivity (Wildman–Crippen MR) is 65.0 cm³/mol. The fourth-order valence-electron chi connectivity index (χ4n) is 1.70. The maximum Gasteiger partial charge on any atom is 0.334 e. The third-order valence-electron chi connectivity index (χ3n) is 2.66. The highest BCUT2D eigenvalue weighted by molar-refractivity contribution is 5.83. The summed E-state index contributed by atoms with van der Waals surface area (Å²) in [6.45, 7) is 0. The van der Waals surface area contributed by atoms with Crippen LogP contribution >= 0.6 is 0 Å². The minimum atomic E-state index is -0.916. The zero-order valence-electron chi connectivity index (χ0n) is 10.2. The van der Waals surface area contributed by atoms with Gasteiger partial charge in [-0.2, -0.15) is 0 Å². The molecule has 19 heavy (non-hydrogen) atoms. The number of carbonyl (C=O) groups is 1. The SMILES string of the molecule is COC1=CC(=O)OC(C=Cc2ccc(F)c(F)c2)C1. The molecule has 0 bridgehead atoms. The molecule has 1 aliphatic rings. The summed E-state index contributed by atoms with van der Waals surface area (Å²) in [4.78, 5) is 11.2. The minimum absolute atomic E-state index is 0.419. The van der Waals surface area contributed by atoms with Gasteiger partial charge in [0, 0.05) is 6.42 Å². The molecule has 0 amide bonds. The van der Waals surface area contributed by atoms with Crippen LogP contribution < -0.4 is 0 Å². The van der Waals surface area contributed by atoms with E-state index in [4.69, 9.17) is 9.47 Å². The molecule has 0 radical (unpaired) electrons. The monoisotopic (exact) mass is 266 g/mol. The average Bonchev–Trinajstić information content (AvgIpc) is 2.39. The first-order valence-corrected chi connectivity index (χ1v) is 5.67. The Bertz CT molecular complexity index is 550. The smallest absolute Gasteiger partial charge is 0.334 e. The van der Waals surface area contributed by atoms with Crippen LogP contribution in [-0.2, 0) is 14.3 Å². The lowest BCUT2D eigenvalue weighted by Crippen LogP contribution is -2.21. The summed E-state index contributed by atoms with van der Waals surface area (Å²) >= 11 is 0. The number of hydrogen-bond acceptors (Lipinski definition) is 3. The van der Waals surface area contributed by atoms with Gasteiger partial charge in [-0.25, -0.2) is 13.6 Å². The number of rotatable bonds is 3. The van der Waals surface area contributed by atoms with E-state index in [1.54, 1.807) is 12.2 Å². The number of esters is 1. The van der Waals surface area contributed by atoms with Crippen LogP contribution in [0.4, 0.5) is 8.78 Å². The predicted octanol–water partition coefficient (Wildman–Crippen LogP) is 2.82. The van der Waals surface area contributed by atoms with Crippen molar-refractivity contribution in [3.8, 4) is 0 Å². The first-order chi connectivity index (χ1) is 9.08. The minimum Gasteiger partial charge on any atom is -0.501 e. The molecule has 0 saturated heterocycles. The quantitative estimate of drug-likeness (QED) is 0.789. The van der Waals surface area contributed by atoms with Crippen molar-refractivity contribution >= 4 is 12.0 Å². The van der Waals surface area contributed by atoms with E-state index in [0.717, 1.165) is 12.1 Å². The number of carbonyl (C=O) groups excluding carboxylic acids is 1. The van der Waals surface area contributed by atoms with Crippen LogP contribution in [0.3, 0.4) is 0 Å². The molecular formula is C14H12F2O3. The Morgan fingerprint density at radius 2 is 2.16 bits per heavy atom. The topological polar surface area (TPSA) is 35.5 Å². The van der Waals surface area contributed by atoms with E-state index in [0.29, 0.717) is 17.7 Å². The van der Waals surface area contributed by atoms with Crippen LogP contribution in [0.15, 0.2) is 36.1 Å². The summed E-state index contributed by atoms with van der Waals surface area (Å²) < 4.78 is 35.8. The highest BCUT2D eigenvalue weighted by Crippen LogP contribution is 2.18. The third kappa shape index (κ3) is 3.40. The van der Waals surface area contributed by atoms with E-state index in [1.165, 1.54) is 19.3 Å². The second kappa shape index (κ2) is 5.65. The molecule has 5 heteroatoms. The van der Waals surface area contributed by atoms with Crippen LogP contribution in [-0.4, -0.2) is 19.2 Å². The molecule has 1 unspecified atom stereocenters. The highest BCUT2D eigenvalue weighted by atomic mass is 19.2. The summed E-state index contributed by atoms with van der Waals surface area (Å²) in [5, 5.41) is 0. The summed E-state index contributed by atoms with van der Waals surface area (Å²) in [7, 11) is 1.47. The zero-order chi connectivity index (χ0) is 13.8. The summed E-state index contributed by atoms with van der Waals surface area (Å²) in [5.41, 5.74) is 0.489. The van der Waals surface area contributed by atoms with Gasteiger partial charge >= 0.3 is 5.97 Å². The number of methoxy groups -OCH3 is 1. The molecular weight excluding hydrogens is 254 g/mol. The van der Waals surface area contributed by atoms with Gasteiger partial charge < -0.3 is 9.47 Å². The van der Waals surface area contributed by atoms with Crippen LogP contribution in [0.25, 0.3) is 6.08 Å². The Hall–Kier alpha value is -2.17. The molecule has 1 heterocycles. The van der Waals surface area contributed by atoms with Gasteiger partial charge in [-0.15, -0.1) is 0 Å². The molecule has 1 atom stereocenters. The maximum atomic E-state index is 13.0. The molecule has 1 aromatic carbocycles. The van der Waals surface area contributed by atoms with Gasteiger partial charge in [0.15, 0.2) is 11.6 Å². The van der Waals surface area contributed by atoms with Crippen molar-refractivity contribution < 1.29 is 23.0 Å². The molecule has 0 N–H and O–H groups in total. The summed E-state index contributed by atoms with van der Waals surface area (Å²) in [6, 6.07) is 3.55. The fourth-order valence-corrected chi connectivity index (χ4v) is 1.70. The van der Waals surface area contributed by atoms with Gasteiger partial charge in [-0.05, 0) is 23.8 Å². The molecule has 0 saturated carbocycles. The van der Waals surface area contributed by atoms with E-state index < -0.39 is 23.7 Å². The van der Waals surface area contributed by atoms with E-state index >= 15 is 0 Å². The molecule has 0 spiro atoms. The highest BCUT2D eigenvalue weighted by Gasteiger charge is 2.19. The maximum absolute atomic E-state index is 13.0. The van der Waals surface area contributed by atoms with Crippen LogP contribution in [0.1, 0.15) is 12.0 Å². The Morgan fingerprint density at radius 3 is 2.84 bits per heavy atom. The van der Waals surface area contributed by atoms with Crippen LogP contribution in [0.2, 0.25) is 0 Å². The van der Waals surface area contributed by atoms with Gasteiger partial charge in [-0.1, -0.05) is 12.1 Å². The number of ether oxygens (including phenoxy) is 2. The van der Waals surface area contributed by atoms with E-state index in [-0.39, 0.29) is 0 Å².